The predicted molar refractivity (Wildman–Crippen MR) is 135 cm³/mol. The summed E-state index contributed by atoms with van der Waals surface area (Å²) in [6.07, 6.45) is 6.83. The zero-order valence-electron chi connectivity index (χ0n) is 19.4. The molecule has 0 spiro atoms. The van der Waals surface area contributed by atoms with Crippen LogP contribution in [-0.2, 0) is 33.7 Å². The lowest BCUT2D eigenvalue weighted by Crippen LogP contribution is -2.49. The van der Waals surface area contributed by atoms with Crippen LogP contribution in [0.2, 0.25) is 5.02 Å². The molecular formula is C25H28ClN5O3S. The lowest BCUT2D eigenvalue weighted by molar-refractivity contribution is -0.116. The van der Waals surface area contributed by atoms with Gasteiger partial charge in [0.15, 0.2) is 5.03 Å². The quantitative estimate of drug-likeness (QED) is 0.504. The molecule has 2 aliphatic rings. The van der Waals surface area contributed by atoms with Crippen molar-refractivity contribution in [3.8, 4) is 0 Å². The van der Waals surface area contributed by atoms with Crippen LogP contribution in [0, 0.1) is 0 Å². The van der Waals surface area contributed by atoms with E-state index in [1.165, 1.54) is 23.7 Å². The molecule has 1 aliphatic carbocycles. The highest BCUT2D eigenvalue weighted by Crippen LogP contribution is 2.53. The number of hydrogen-bond acceptors (Lipinski definition) is 5. The molecular weight excluding hydrogens is 486 g/mol. The Balaban J connectivity index is 1.59. The van der Waals surface area contributed by atoms with E-state index in [4.69, 9.17) is 17.3 Å². The van der Waals surface area contributed by atoms with Gasteiger partial charge in [0.1, 0.15) is 6.54 Å². The number of aromatic nitrogens is 2. The molecule has 1 unspecified atom stereocenters. The molecule has 184 valence electrons. The number of anilines is 1. The normalized spacial score (nSPS) is 19.0. The first-order valence-corrected chi connectivity index (χ1v) is 13.4. The van der Waals surface area contributed by atoms with Gasteiger partial charge in [0.2, 0.25) is 5.91 Å². The Labute approximate surface area is 210 Å². The third-order valence-electron chi connectivity index (χ3n) is 7.22. The maximum Gasteiger partial charge on any atom is 0.283 e. The number of halogens is 1. The highest BCUT2D eigenvalue weighted by atomic mass is 35.5. The molecule has 5 rings (SSSR count). The molecule has 0 radical (unpaired) electrons. The van der Waals surface area contributed by atoms with Gasteiger partial charge in [0.05, 0.1) is 12.0 Å². The van der Waals surface area contributed by atoms with Crippen molar-refractivity contribution < 1.29 is 13.2 Å². The van der Waals surface area contributed by atoms with E-state index < -0.39 is 22.5 Å². The number of carbonyl (C=O) groups excluding carboxylic acids is 1. The maximum absolute atomic E-state index is 13.5. The SMILES string of the molecule is Cn1cnc(S(=O)(=O)N(CC(N)=O)c2ccc3c(c2)C(C2(c4ccc(Cl)cc4)CCC2)NCC3)c1. The number of benzene rings is 2. The molecule has 35 heavy (non-hydrogen) atoms. The van der Waals surface area contributed by atoms with Gasteiger partial charge in [0.25, 0.3) is 10.0 Å². The smallest absolute Gasteiger partial charge is 0.283 e. The van der Waals surface area contributed by atoms with Crippen molar-refractivity contribution in [1.82, 2.24) is 14.9 Å². The van der Waals surface area contributed by atoms with E-state index in [1.54, 1.807) is 17.7 Å². The topological polar surface area (TPSA) is 110 Å². The molecule has 0 saturated heterocycles. The Morgan fingerprint density at radius 2 is 2.00 bits per heavy atom. The van der Waals surface area contributed by atoms with E-state index in [-0.39, 0.29) is 16.5 Å². The van der Waals surface area contributed by atoms with Gasteiger partial charge in [-0.3, -0.25) is 9.10 Å². The Morgan fingerprint density at radius 1 is 1.26 bits per heavy atom. The van der Waals surface area contributed by atoms with Crippen molar-refractivity contribution in [3.63, 3.8) is 0 Å². The average Bonchev–Trinajstić information content (AvgIpc) is 3.25. The number of primary amides is 1. The highest BCUT2D eigenvalue weighted by molar-refractivity contribution is 7.92. The van der Waals surface area contributed by atoms with Crippen molar-refractivity contribution in [2.75, 3.05) is 17.4 Å². The number of sulfonamides is 1. The van der Waals surface area contributed by atoms with E-state index in [0.717, 1.165) is 42.1 Å². The van der Waals surface area contributed by atoms with Gasteiger partial charge >= 0.3 is 0 Å². The van der Waals surface area contributed by atoms with Crippen molar-refractivity contribution >= 4 is 33.2 Å². The van der Waals surface area contributed by atoms with Gasteiger partial charge in [-0.05, 0) is 66.8 Å². The number of hydrogen-bond donors (Lipinski definition) is 2. The van der Waals surface area contributed by atoms with Crippen molar-refractivity contribution in [2.45, 2.75) is 42.2 Å². The molecule has 1 fully saturated rings. The van der Waals surface area contributed by atoms with Gasteiger partial charge < -0.3 is 15.6 Å². The summed E-state index contributed by atoms with van der Waals surface area (Å²) in [4.78, 5) is 15.9. The third kappa shape index (κ3) is 4.22. The second kappa shape index (κ2) is 8.96. The number of amides is 1. The number of imidazole rings is 1. The second-order valence-corrected chi connectivity index (χ2v) is 11.6. The van der Waals surface area contributed by atoms with Gasteiger partial charge in [0, 0.05) is 29.7 Å². The number of rotatable bonds is 7. The molecule has 1 atom stereocenters. The molecule has 1 amide bonds. The molecule has 8 nitrogen and oxygen atoms in total. The Kier molecular flexibility index (Phi) is 6.11. The minimum atomic E-state index is -4.09. The van der Waals surface area contributed by atoms with E-state index in [2.05, 4.69) is 22.4 Å². The number of nitrogens with one attached hydrogen (secondary N) is 1. The van der Waals surface area contributed by atoms with Crippen molar-refractivity contribution in [1.29, 1.82) is 0 Å². The number of aryl methyl sites for hydroxylation is 1. The average molecular weight is 514 g/mol. The van der Waals surface area contributed by atoms with Gasteiger partial charge in [-0.25, -0.2) is 4.98 Å². The first-order valence-electron chi connectivity index (χ1n) is 11.6. The number of nitrogens with two attached hydrogens (primary N) is 1. The van der Waals surface area contributed by atoms with E-state index in [9.17, 15) is 13.2 Å². The minimum Gasteiger partial charge on any atom is -0.368 e. The Bertz CT molecular complexity index is 1370. The molecule has 3 N–H and O–H groups in total. The number of fused-ring (bicyclic) bond motifs is 1. The summed E-state index contributed by atoms with van der Waals surface area (Å²) < 4.78 is 29.5. The lowest BCUT2D eigenvalue weighted by atomic mass is 9.58. The van der Waals surface area contributed by atoms with Crippen LogP contribution in [-0.4, -0.2) is 37.0 Å². The molecule has 1 saturated carbocycles. The van der Waals surface area contributed by atoms with E-state index in [0.29, 0.717) is 10.7 Å². The number of nitrogens with zero attached hydrogens (tertiary/aromatic N) is 3. The zero-order valence-corrected chi connectivity index (χ0v) is 21.0. The second-order valence-electron chi connectivity index (χ2n) is 9.39. The Morgan fingerprint density at radius 3 is 2.60 bits per heavy atom. The first kappa shape index (κ1) is 23.8. The van der Waals surface area contributed by atoms with Crippen molar-refractivity contribution in [3.05, 3.63) is 76.7 Å². The summed E-state index contributed by atoms with van der Waals surface area (Å²) in [6.45, 7) is 0.363. The van der Waals surface area contributed by atoms with Crippen LogP contribution in [0.1, 0.15) is 42.0 Å². The monoisotopic (exact) mass is 513 g/mol. The molecule has 0 bridgehead atoms. The maximum atomic E-state index is 13.5. The summed E-state index contributed by atoms with van der Waals surface area (Å²) in [7, 11) is -2.40. The summed E-state index contributed by atoms with van der Waals surface area (Å²) >= 11 is 6.16. The van der Waals surface area contributed by atoms with Crippen LogP contribution < -0.4 is 15.4 Å². The van der Waals surface area contributed by atoms with Crippen LogP contribution in [0.4, 0.5) is 5.69 Å². The molecule has 1 aliphatic heterocycles. The first-order chi connectivity index (χ1) is 16.7. The lowest BCUT2D eigenvalue weighted by Gasteiger charge is -2.50. The summed E-state index contributed by atoms with van der Waals surface area (Å²) in [5, 5.41) is 4.27. The molecule has 10 heteroatoms. The summed E-state index contributed by atoms with van der Waals surface area (Å²) in [5.74, 6) is -0.742. The third-order valence-corrected chi connectivity index (χ3v) is 9.14. The molecule has 1 aromatic heterocycles. The largest absolute Gasteiger partial charge is 0.368 e. The fourth-order valence-corrected chi connectivity index (χ4v) is 6.88. The van der Waals surface area contributed by atoms with Crippen LogP contribution in [0.15, 0.2) is 60.0 Å². The molecule has 2 aromatic carbocycles. The van der Waals surface area contributed by atoms with Gasteiger partial charge in [-0.15, -0.1) is 0 Å². The van der Waals surface area contributed by atoms with E-state index >= 15 is 0 Å². The standard InChI is InChI=1S/C25H28ClN5O3S/c1-30-15-23(29-16-30)35(33,34)31(14-22(27)32)20-8-3-17-9-12-28-24(21(17)13-20)25(10-2-11-25)18-4-6-19(26)7-5-18/h3-8,13,15-16,24,28H,2,9-12,14H2,1H3,(H2,27,32). The minimum absolute atomic E-state index is 0.00843. The van der Waals surface area contributed by atoms with Crippen LogP contribution >= 0.6 is 11.6 Å². The molecule has 2 heterocycles. The molecule has 3 aromatic rings. The fraction of sp³-hybridized carbons (Fsp3) is 0.360. The zero-order chi connectivity index (χ0) is 24.8. The Hall–Kier alpha value is -2.88. The summed E-state index contributed by atoms with van der Waals surface area (Å²) in [5.41, 5.74) is 9.21. The number of carbonyl (C=O) groups is 1. The van der Waals surface area contributed by atoms with Gasteiger partial charge in [-0.2, -0.15) is 8.42 Å². The van der Waals surface area contributed by atoms with Crippen molar-refractivity contribution in [2.24, 2.45) is 12.8 Å². The van der Waals surface area contributed by atoms with Crippen LogP contribution in [0.3, 0.4) is 0 Å². The highest BCUT2D eigenvalue weighted by Gasteiger charge is 2.47. The van der Waals surface area contributed by atoms with Gasteiger partial charge in [-0.1, -0.05) is 36.2 Å². The van der Waals surface area contributed by atoms with Crippen LogP contribution in [0.25, 0.3) is 0 Å². The fourth-order valence-electron chi connectivity index (χ4n) is 5.36. The summed E-state index contributed by atoms with van der Waals surface area (Å²) in [6, 6.07) is 13.6. The predicted octanol–water partition coefficient (Wildman–Crippen LogP) is 3.06. The van der Waals surface area contributed by atoms with E-state index in [1.807, 2.05) is 24.3 Å². The van der Waals surface area contributed by atoms with Crippen LogP contribution in [0.5, 0.6) is 0 Å².